The predicted octanol–water partition coefficient (Wildman–Crippen LogP) is 3.32. The summed E-state index contributed by atoms with van der Waals surface area (Å²) in [5, 5.41) is 6.12. The molecule has 5 nitrogen and oxygen atoms in total. The summed E-state index contributed by atoms with van der Waals surface area (Å²) in [7, 11) is 1.66. The lowest BCUT2D eigenvalue weighted by Gasteiger charge is -2.13. The fraction of sp³-hybridized carbons (Fsp3) is 0.571. The molecule has 0 aromatic carbocycles. The Hall–Kier alpha value is -0.970. The molecule has 136 valence electrons. The van der Waals surface area contributed by atoms with Crippen LogP contribution < -0.4 is 15.4 Å². The first-order valence-electron chi connectivity index (χ1n) is 7.14. The third kappa shape index (κ3) is 6.15. The van der Waals surface area contributed by atoms with Crippen LogP contribution in [-0.2, 0) is 6.18 Å². The Balaban J connectivity index is 0.00000288. The zero-order chi connectivity index (χ0) is 17.0. The second kappa shape index (κ2) is 8.93. The Morgan fingerprint density at radius 3 is 2.67 bits per heavy atom. The van der Waals surface area contributed by atoms with Gasteiger partial charge in [-0.3, -0.25) is 4.99 Å². The highest BCUT2D eigenvalue weighted by molar-refractivity contribution is 14.0. The number of hydrogen-bond donors (Lipinski definition) is 2. The Morgan fingerprint density at radius 2 is 2.17 bits per heavy atom. The molecule has 2 N–H and O–H groups in total. The molecule has 1 heterocycles. The van der Waals surface area contributed by atoms with Gasteiger partial charge >= 0.3 is 6.18 Å². The van der Waals surface area contributed by atoms with Gasteiger partial charge in [0, 0.05) is 19.3 Å². The van der Waals surface area contributed by atoms with Crippen LogP contribution in [0.5, 0.6) is 5.88 Å². The van der Waals surface area contributed by atoms with Crippen molar-refractivity contribution in [3.63, 3.8) is 0 Å². The van der Waals surface area contributed by atoms with Gasteiger partial charge in [0.25, 0.3) is 0 Å². The Morgan fingerprint density at radius 1 is 1.50 bits per heavy atom. The van der Waals surface area contributed by atoms with Crippen LogP contribution in [0.4, 0.5) is 13.2 Å². The third-order valence-corrected chi connectivity index (χ3v) is 3.69. The van der Waals surface area contributed by atoms with E-state index in [1.54, 1.807) is 7.05 Å². The van der Waals surface area contributed by atoms with Gasteiger partial charge in [-0.2, -0.15) is 13.2 Å². The number of ether oxygens (including phenoxy) is 1. The average molecular weight is 479 g/mol. The highest BCUT2D eigenvalue weighted by Crippen LogP contribution is 2.33. The minimum atomic E-state index is -4.48. The molecule has 1 aliphatic rings. The van der Waals surface area contributed by atoms with Gasteiger partial charge in [0.1, 0.15) is 11.6 Å². The van der Waals surface area contributed by atoms with Crippen LogP contribution >= 0.6 is 35.6 Å². The molecule has 2 unspecified atom stereocenters. The Labute approximate surface area is 160 Å². The van der Waals surface area contributed by atoms with Crippen LogP contribution in [0.1, 0.15) is 18.9 Å². The van der Waals surface area contributed by atoms with Gasteiger partial charge in [-0.15, -0.1) is 24.0 Å². The molecule has 2 atom stereocenters. The van der Waals surface area contributed by atoms with Crippen molar-refractivity contribution in [1.82, 2.24) is 15.6 Å². The Kier molecular flexibility index (Phi) is 7.84. The lowest BCUT2D eigenvalue weighted by Crippen LogP contribution is -2.40. The number of aliphatic imine (C=N–C) groups is 1. The zero-order valence-electron chi connectivity index (χ0n) is 13.2. The average Bonchev–Trinajstić information content (AvgIpc) is 3.17. The third-order valence-electron chi connectivity index (χ3n) is 3.42. The number of rotatable bonds is 5. The van der Waals surface area contributed by atoms with Gasteiger partial charge in [-0.25, -0.2) is 4.98 Å². The second-order valence-corrected chi connectivity index (χ2v) is 5.73. The van der Waals surface area contributed by atoms with E-state index in [1.165, 1.54) is 0 Å². The maximum atomic E-state index is 12.5. The highest BCUT2D eigenvalue weighted by atomic mass is 127. The molecule has 1 fully saturated rings. The second-order valence-electron chi connectivity index (χ2n) is 5.32. The van der Waals surface area contributed by atoms with Crippen molar-refractivity contribution in [2.75, 3.05) is 20.2 Å². The van der Waals surface area contributed by atoms with Crippen LogP contribution in [0.15, 0.2) is 17.3 Å². The number of pyridine rings is 1. The van der Waals surface area contributed by atoms with Crippen LogP contribution in [0.25, 0.3) is 0 Å². The summed E-state index contributed by atoms with van der Waals surface area (Å²) >= 11 is 5.75. The maximum absolute atomic E-state index is 12.5. The number of aromatic nitrogens is 1. The van der Waals surface area contributed by atoms with Gasteiger partial charge in [-0.05, 0) is 18.4 Å². The van der Waals surface area contributed by atoms with E-state index in [0.29, 0.717) is 30.7 Å². The molecule has 1 saturated carbocycles. The minimum Gasteiger partial charge on any atom is -0.475 e. The number of alkyl halides is 3. The molecule has 0 spiro atoms. The highest BCUT2D eigenvalue weighted by Gasteiger charge is 2.33. The summed E-state index contributed by atoms with van der Waals surface area (Å²) in [6, 6.07) is 1.24. The zero-order valence-corrected chi connectivity index (χ0v) is 16.2. The number of nitrogens with one attached hydrogen (secondary N) is 2. The number of halogens is 5. The van der Waals surface area contributed by atoms with E-state index in [-0.39, 0.29) is 41.5 Å². The molecule has 0 radical (unpaired) electrons. The van der Waals surface area contributed by atoms with Crippen molar-refractivity contribution in [2.24, 2.45) is 10.9 Å². The summed E-state index contributed by atoms with van der Waals surface area (Å²) < 4.78 is 42.8. The first-order valence-corrected chi connectivity index (χ1v) is 7.51. The lowest BCUT2D eigenvalue weighted by molar-refractivity contribution is -0.137. The lowest BCUT2D eigenvalue weighted by atomic mass is 10.3. The number of nitrogens with zero attached hydrogens (tertiary/aromatic N) is 2. The smallest absolute Gasteiger partial charge is 0.417 e. The monoisotopic (exact) mass is 478 g/mol. The van der Waals surface area contributed by atoms with Crippen molar-refractivity contribution in [3.05, 3.63) is 22.8 Å². The summed E-state index contributed by atoms with van der Waals surface area (Å²) in [5.41, 5.74) is -0.906. The number of guanidine groups is 1. The maximum Gasteiger partial charge on any atom is 0.417 e. The van der Waals surface area contributed by atoms with Crippen LogP contribution in [-0.4, -0.2) is 37.2 Å². The summed E-state index contributed by atoms with van der Waals surface area (Å²) in [5.74, 6) is 1.27. The summed E-state index contributed by atoms with van der Waals surface area (Å²) in [6.07, 6.45) is -2.67. The standard InChI is InChI=1S/C14H18ClF3N4O.HI/c1-8-5-11(8)22-13(19-2)20-3-4-23-12-10(15)6-9(7-21-12)14(16,17)18;/h6-8,11H,3-5H2,1-2H3,(H2,19,20,22);1H. The minimum absolute atomic E-state index is 0. The van der Waals surface area contributed by atoms with Crippen LogP contribution in [0.2, 0.25) is 5.02 Å². The fourth-order valence-corrected chi connectivity index (χ4v) is 2.12. The van der Waals surface area contributed by atoms with Crippen molar-refractivity contribution in [3.8, 4) is 5.88 Å². The van der Waals surface area contributed by atoms with E-state index in [9.17, 15) is 13.2 Å². The van der Waals surface area contributed by atoms with Crippen molar-refractivity contribution < 1.29 is 17.9 Å². The van der Waals surface area contributed by atoms with Gasteiger partial charge in [0.05, 0.1) is 12.1 Å². The molecule has 1 aliphatic carbocycles. The molecule has 1 aromatic heterocycles. The van der Waals surface area contributed by atoms with Crippen LogP contribution in [0, 0.1) is 5.92 Å². The van der Waals surface area contributed by atoms with E-state index in [1.807, 2.05) is 0 Å². The molecule has 0 amide bonds. The van der Waals surface area contributed by atoms with Gasteiger partial charge in [0.2, 0.25) is 5.88 Å². The predicted molar refractivity (Wildman–Crippen MR) is 97.2 cm³/mol. The first-order chi connectivity index (χ1) is 10.8. The molecule has 10 heteroatoms. The summed E-state index contributed by atoms with van der Waals surface area (Å²) in [6.45, 7) is 2.76. The van der Waals surface area contributed by atoms with Gasteiger partial charge in [0.15, 0.2) is 5.96 Å². The first kappa shape index (κ1) is 21.1. The molecule has 24 heavy (non-hydrogen) atoms. The normalized spacial score (nSPS) is 20.2. The fourth-order valence-electron chi connectivity index (χ4n) is 1.90. The summed E-state index contributed by atoms with van der Waals surface area (Å²) in [4.78, 5) is 7.68. The molecule has 0 bridgehead atoms. The quantitative estimate of drug-likeness (QED) is 0.295. The van der Waals surface area contributed by atoms with Crippen molar-refractivity contribution in [1.29, 1.82) is 0 Å². The largest absolute Gasteiger partial charge is 0.475 e. The molecular weight excluding hydrogens is 460 g/mol. The van der Waals surface area contributed by atoms with E-state index in [4.69, 9.17) is 16.3 Å². The van der Waals surface area contributed by atoms with E-state index in [0.717, 1.165) is 12.5 Å². The van der Waals surface area contributed by atoms with E-state index in [2.05, 4.69) is 27.5 Å². The molecular formula is C14H19ClF3IN4O. The number of hydrogen-bond acceptors (Lipinski definition) is 3. The molecule has 2 rings (SSSR count). The molecule has 0 saturated heterocycles. The van der Waals surface area contributed by atoms with E-state index >= 15 is 0 Å². The molecule has 0 aliphatic heterocycles. The van der Waals surface area contributed by atoms with Crippen molar-refractivity contribution >= 4 is 41.5 Å². The van der Waals surface area contributed by atoms with Crippen molar-refractivity contribution in [2.45, 2.75) is 25.6 Å². The van der Waals surface area contributed by atoms with Gasteiger partial charge in [-0.1, -0.05) is 18.5 Å². The molecule has 1 aromatic rings. The van der Waals surface area contributed by atoms with Crippen LogP contribution in [0.3, 0.4) is 0 Å². The Bertz CT molecular complexity index is 586. The SMILES string of the molecule is CN=C(NCCOc1ncc(C(F)(F)F)cc1Cl)NC1CC1C.I. The topological polar surface area (TPSA) is 58.5 Å². The van der Waals surface area contributed by atoms with Gasteiger partial charge < -0.3 is 15.4 Å². The van der Waals surface area contributed by atoms with E-state index < -0.39 is 11.7 Å².